The quantitative estimate of drug-likeness (QED) is 0.201. The third-order valence-corrected chi connectivity index (χ3v) is 7.11. The number of carbonyl (C=O) groups is 2. The summed E-state index contributed by atoms with van der Waals surface area (Å²) in [6.07, 6.45) is 0. The number of benzene rings is 3. The number of hydrogen-bond acceptors (Lipinski definition) is 8. The Morgan fingerprint density at radius 2 is 1.76 bits per heavy atom. The van der Waals surface area contributed by atoms with Gasteiger partial charge in [0.1, 0.15) is 29.0 Å². The van der Waals surface area contributed by atoms with Crippen LogP contribution in [0, 0.1) is 0 Å². The van der Waals surface area contributed by atoms with Crippen molar-refractivity contribution in [2.45, 2.75) is 13.0 Å². The van der Waals surface area contributed by atoms with Crippen LogP contribution in [0.25, 0.3) is 16.0 Å². The van der Waals surface area contributed by atoms with Crippen LogP contribution in [-0.4, -0.2) is 42.6 Å². The summed E-state index contributed by atoms with van der Waals surface area (Å²) >= 11 is 1.26. The molecule has 1 saturated heterocycles. The number of hydrogen-bond donors (Lipinski definition) is 1. The van der Waals surface area contributed by atoms with Gasteiger partial charge in [-0.2, -0.15) is 0 Å². The standard InChI is InChI=1S/C28H24N2O6S/c1-4-36-18-10-12-20-22(15-18)37-28(29-20)30-24(19-14-17(34-2)11-13-21(19)35-3)23(26(32)27(30)33)25(31)16-8-6-5-7-9-16/h5-15,24,31H,4H2,1-3H3/b25-23+/t24-/m1/s1. The van der Waals surface area contributed by atoms with Crippen LogP contribution in [-0.2, 0) is 9.59 Å². The highest BCUT2D eigenvalue weighted by atomic mass is 32.1. The van der Waals surface area contributed by atoms with E-state index in [0.717, 1.165) is 4.70 Å². The monoisotopic (exact) mass is 516 g/mol. The van der Waals surface area contributed by atoms with E-state index in [1.54, 1.807) is 54.6 Å². The van der Waals surface area contributed by atoms with Crippen molar-refractivity contribution in [3.63, 3.8) is 0 Å². The molecule has 8 nitrogen and oxygen atoms in total. The van der Waals surface area contributed by atoms with Crippen molar-refractivity contribution in [3.05, 3.63) is 83.4 Å². The van der Waals surface area contributed by atoms with Crippen molar-refractivity contribution in [3.8, 4) is 17.2 Å². The third kappa shape index (κ3) is 4.27. The van der Waals surface area contributed by atoms with E-state index >= 15 is 0 Å². The number of aliphatic hydroxyl groups is 1. The molecule has 2 heterocycles. The van der Waals surface area contributed by atoms with Gasteiger partial charge in [-0.15, -0.1) is 0 Å². The van der Waals surface area contributed by atoms with Gasteiger partial charge in [0.15, 0.2) is 5.13 Å². The Labute approximate surface area is 217 Å². The van der Waals surface area contributed by atoms with Gasteiger partial charge in [0.05, 0.1) is 36.6 Å². The number of ketones is 1. The van der Waals surface area contributed by atoms with Gasteiger partial charge in [-0.05, 0) is 43.3 Å². The first-order valence-corrected chi connectivity index (χ1v) is 12.4. The minimum atomic E-state index is -1.00. The Morgan fingerprint density at radius 3 is 2.46 bits per heavy atom. The molecule has 1 aliphatic heterocycles. The Bertz CT molecular complexity index is 1530. The number of Topliss-reactive ketones (excluding diaryl/α,β-unsaturated/α-hetero) is 1. The van der Waals surface area contributed by atoms with Crippen LogP contribution in [0.15, 0.2) is 72.3 Å². The number of ether oxygens (including phenoxy) is 3. The van der Waals surface area contributed by atoms with Crippen LogP contribution in [0.4, 0.5) is 5.13 Å². The van der Waals surface area contributed by atoms with Crippen molar-refractivity contribution in [1.82, 2.24) is 4.98 Å². The number of aliphatic hydroxyl groups excluding tert-OH is 1. The number of amides is 1. The molecule has 37 heavy (non-hydrogen) atoms. The maximum Gasteiger partial charge on any atom is 0.301 e. The number of aromatic nitrogens is 1. The van der Waals surface area contributed by atoms with E-state index in [1.165, 1.54) is 30.5 Å². The summed E-state index contributed by atoms with van der Waals surface area (Å²) in [6.45, 7) is 2.41. The molecular weight excluding hydrogens is 492 g/mol. The summed E-state index contributed by atoms with van der Waals surface area (Å²) in [5.41, 5.74) is 1.49. The molecule has 9 heteroatoms. The Kier molecular flexibility index (Phi) is 6.54. The second kappa shape index (κ2) is 9.94. The molecule has 1 aromatic heterocycles. The van der Waals surface area contributed by atoms with Crippen molar-refractivity contribution >= 4 is 44.1 Å². The zero-order chi connectivity index (χ0) is 26.1. The molecule has 5 rings (SSSR count). The lowest BCUT2D eigenvalue weighted by molar-refractivity contribution is -0.132. The molecule has 4 aromatic rings. The molecule has 1 atom stereocenters. The van der Waals surface area contributed by atoms with E-state index < -0.39 is 17.7 Å². The lowest BCUT2D eigenvalue weighted by Gasteiger charge is -2.25. The molecule has 0 spiro atoms. The largest absolute Gasteiger partial charge is 0.507 e. The molecule has 0 saturated carbocycles. The summed E-state index contributed by atoms with van der Waals surface area (Å²) in [6, 6.07) is 18.2. The third-order valence-electron chi connectivity index (χ3n) is 6.09. The summed E-state index contributed by atoms with van der Waals surface area (Å²) in [5, 5.41) is 11.6. The molecule has 1 fully saturated rings. The SMILES string of the molecule is CCOc1ccc2nc(N3C(=O)C(=O)/C(=C(/O)c4ccccc4)[C@H]3c3cc(OC)ccc3OC)sc2c1. The van der Waals surface area contributed by atoms with Gasteiger partial charge in [-0.3, -0.25) is 14.5 Å². The van der Waals surface area contributed by atoms with Crippen molar-refractivity contribution in [2.24, 2.45) is 0 Å². The molecule has 0 radical (unpaired) electrons. The first-order valence-electron chi connectivity index (χ1n) is 11.6. The molecule has 1 aliphatic rings. The lowest BCUT2D eigenvalue weighted by Crippen LogP contribution is -2.29. The molecule has 1 amide bonds. The van der Waals surface area contributed by atoms with Crippen molar-refractivity contribution in [1.29, 1.82) is 0 Å². The number of rotatable bonds is 7. The van der Waals surface area contributed by atoms with Gasteiger partial charge < -0.3 is 19.3 Å². The van der Waals surface area contributed by atoms with E-state index in [1.807, 2.05) is 19.1 Å². The first kappa shape index (κ1) is 24.3. The fourth-order valence-corrected chi connectivity index (χ4v) is 5.40. The molecule has 0 bridgehead atoms. The van der Waals surface area contributed by atoms with E-state index in [4.69, 9.17) is 14.2 Å². The summed E-state index contributed by atoms with van der Waals surface area (Å²) in [5.74, 6) is -0.275. The molecular formula is C28H24N2O6S. The molecule has 0 aliphatic carbocycles. The van der Waals surface area contributed by atoms with Crippen LogP contribution in [0.1, 0.15) is 24.1 Å². The number of anilines is 1. The van der Waals surface area contributed by atoms with Crippen LogP contribution >= 0.6 is 11.3 Å². The lowest BCUT2D eigenvalue weighted by atomic mass is 9.94. The van der Waals surface area contributed by atoms with Gasteiger partial charge in [0, 0.05) is 11.1 Å². The average molecular weight is 517 g/mol. The second-order valence-electron chi connectivity index (χ2n) is 8.20. The predicted molar refractivity (Wildman–Crippen MR) is 142 cm³/mol. The maximum atomic E-state index is 13.5. The van der Waals surface area contributed by atoms with Gasteiger partial charge in [0.25, 0.3) is 5.78 Å². The molecule has 0 unspecified atom stereocenters. The number of thiazole rings is 1. The number of methoxy groups -OCH3 is 2. The van der Waals surface area contributed by atoms with Crippen molar-refractivity contribution in [2.75, 3.05) is 25.7 Å². The van der Waals surface area contributed by atoms with E-state index in [2.05, 4.69) is 4.98 Å². The average Bonchev–Trinajstić information content (AvgIpc) is 3.46. The molecule has 3 aromatic carbocycles. The van der Waals surface area contributed by atoms with Crippen LogP contribution in [0.2, 0.25) is 0 Å². The first-order chi connectivity index (χ1) is 18.0. The molecule has 1 N–H and O–H groups in total. The maximum absolute atomic E-state index is 13.5. The Morgan fingerprint density at radius 1 is 1.00 bits per heavy atom. The Hall–Kier alpha value is -4.37. The van der Waals surface area contributed by atoms with Crippen LogP contribution in [0.5, 0.6) is 17.2 Å². The van der Waals surface area contributed by atoms with E-state index in [0.29, 0.717) is 45.6 Å². The Balaban J connectivity index is 1.75. The summed E-state index contributed by atoms with van der Waals surface area (Å²) < 4.78 is 17.4. The normalized spacial score (nSPS) is 16.8. The molecule has 188 valence electrons. The van der Waals surface area contributed by atoms with Gasteiger partial charge >= 0.3 is 5.91 Å². The van der Waals surface area contributed by atoms with E-state index in [-0.39, 0.29) is 11.3 Å². The van der Waals surface area contributed by atoms with E-state index in [9.17, 15) is 14.7 Å². The van der Waals surface area contributed by atoms with Gasteiger partial charge in [0.2, 0.25) is 0 Å². The number of fused-ring (bicyclic) bond motifs is 1. The highest BCUT2D eigenvalue weighted by Gasteiger charge is 2.49. The second-order valence-corrected chi connectivity index (χ2v) is 9.21. The smallest absolute Gasteiger partial charge is 0.301 e. The highest BCUT2D eigenvalue weighted by molar-refractivity contribution is 7.22. The fraction of sp³-hybridized carbons (Fsp3) is 0.179. The zero-order valence-corrected chi connectivity index (χ0v) is 21.2. The minimum absolute atomic E-state index is 0.0583. The predicted octanol–water partition coefficient (Wildman–Crippen LogP) is 5.34. The van der Waals surface area contributed by atoms with Crippen LogP contribution in [0.3, 0.4) is 0 Å². The zero-order valence-electron chi connectivity index (χ0n) is 20.4. The minimum Gasteiger partial charge on any atom is -0.507 e. The van der Waals surface area contributed by atoms with Crippen LogP contribution < -0.4 is 19.1 Å². The van der Waals surface area contributed by atoms with Crippen molar-refractivity contribution < 1.29 is 28.9 Å². The highest BCUT2D eigenvalue weighted by Crippen LogP contribution is 2.47. The summed E-state index contributed by atoms with van der Waals surface area (Å²) in [7, 11) is 3.03. The summed E-state index contributed by atoms with van der Waals surface area (Å²) in [4.78, 5) is 33.0. The fourth-order valence-electron chi connectivity index (χ4n) is 4.38. The number of carbonyl (C=O) groups excluding carboxylic acids is 2. The van der Waals surface area contributed by atoms with Gasteiger partial charge in [-0.25, -0.2) is 4.98 Å². The van der Waals surface area contributed by atoms with Gasteiger partial charge in [-0.1, -0.05) is 41.7 Å². The topological polar surface area (TPSA) is 98.2 Å². The number of nitrogens with zero attached hydrogens (tertiary/aromatic N) is 2.